The molecular weight excluding hydrogens is 260 g/mol. The van der Waals surface area contributed by atoms with Gasteiger partial charge in [-0.1, -0.05) is 11.6 Å². The SMILES string of the molecule is N#Cc1c(N2CCC3CCCC=C3C2)[nH]c2cccnc12. The molecule has 4 rings (SSSR count). The number of nitrogens with zero attached hydrogens (tertiary/aromatic N) is 3. The van der Waals surface area contributed by atoms with Gasteiger partial charge in [-0.2, -0.15) is 5.26 Å². The summed E-state index contributed by atoms with van der Waals surface area (Å²) >= 11 is 0. The number of aromatic nitrogens is 2. The van der Waals surface area contributed by atoms with Crippen LogP contribution in [0.4, 0.5) is 5.82 Å². The fourth-order valence-corrected chi connectivity index (χ4v) is 3.68. The van der Waals surface area contributed by atoms with Crippen molar-refractivity contribution in [1.82, 2.24) is 9.97 Å². The Morgan fingerprint density at radius 3 is 3.24 bits per heavy atom. The Kier molecular flexibility index (Phi) is 2.92. The van der Waals surface area contributed by atoms with Gasteiger partial charge in [0.2, 0.25) is 0 Å². The van der Waals surface area contributed by atoms with Crippen molar-refractivity contribution in [3.8, 4) is 6.07 Å². The molecule has 4 heteroatoms. The number of anilines is 1. The van der Waals surface area contributed by atoms with Crippen LogP contribution in [0.3, 0.4) is 0 Å². The van der Waals surface area contributed by atoms with Crippen LogP contribution in [0.25, 0.3) is 11.0 Å². The van der Waals surface area contributed by atoms with Crippen molar-refractivity contribution in [2.75, 3.05) is 18.0 Å². The number of fused-ring (bicyclic) bond motifs is 2. The summed E-state index contributed by atoms with van der Waals surface area (Å²) in [5.74, 6) is 1.71. The van der Waals surface area contributed by atoms with Crippen molar-refractivity contribution in [2.24, 2.45) is 5.92 Å². The molecule has 3 heterocycles. The zero-order valence-corrected chi connectivity index (χ0v) is 12.0. The predicted octanol–water partition coefficient (Wildman–Crippen LogP) is 3.37. The molecule has 0 saturated carbocycles. The average Bonchev–Trinajstić information content (AvgIpc) is 2.93. The molecule has 2 aliphatic rings. The van der Waals surface area contributed by atoms with Gasteiger partial charge in [0.25, 0.3) is 0 Å². The van der Waals surface area contributed by atoms with E-state index in [2.05, 4.69) is 27.0 Å². The number of hydrogen-bond donors (Lipinski definition) is 1. The van der Waals surface area contributed by atoms with E-state index in [1.165, 1.54) is 25.7 Å². The van der Waals surface area contributed by atoms with E-state index in [0.29, 0.717) is 5.56 Å². The highest BCUT2D eigenvalue weighted by atomic mass is 15.2. The molecule has 106 valence electrons. The maximum Gasteiger partial charge on any atom is 0.127 e. The topological polar surface area (TPSA) is 55.7 Å². The van der Waals surface area contributed by atoms with Crippen LogP contribution in [0.2, 0.25) is 0 Å². The van der Waals surface area contributed by atoms with Crippen molar-refractivity contribution < 1.29 is 0 Å². The molecule has 1 saturated heterocycles. The van der Waals surface area contributed by atoms with E-state index >= 15 is 0 Å². The molecular formula is C17H18N4. The van der Waals surface area contributed by atoms with Crippen LogP contribution in [0.1, 0.15) is 31.2 Å². The van der Waals surface area contributed by atoms with E-state index in [-0.39, 0.29) is 0 Å². The summed E-state index contributed by atoms with van der Waals surface area (Å²) in [6, 6.07) is 6.22. The molecule has 1 unspecified atom stereocenters. The van der Waals surface area contributed by atoms with Crippen molar-refractivity contribution in [2.45, 2.75) is 25.7 Å². The Labute approximate surface area is 124 Å². The normalized spacial score (nSPS) is 21.8. The van der Waals surface area contributed by atoms with Gasteiger partial charge in [-0.25, -0.2) is 0 Å². The van der Waals surface area contributed by atoms with E-state index in [0.717, 1.165) is 35.9 Å². The van der Waals surface area contributed by atoms with Crippen LogP contribution in [0.5, 0.6) is 0 Å². The number of nitrogens with one attached hydrogen (secondary N) is 1. The quantitative estimate of drug-likeness (QED) is 0.814. The molecule has 0 aromatic carbocycles. The molecule has 0 amide bonds. The smallest absolute Gasteiger partial charge is 0.127 e. The molecule has 0 spiro atoms. The monoisotopic (exact) mass is 278 g/mol. The van der Waals surface area contributed by atoms with Gasteiger partial charge in [0, 0.05) is 19.3 Å². The lowest BCUT2D eigenvalue weighted by atomic mass is 9.82. The molecule has 1 aliphatic heterocycles. The molecule has 4 nitrogen and oxygen atoms in total. The summed E-state index contributed by atoms with van der Waals surface area (Å²) in [6.45, 7) is 1.97. The molecule has 2 aromatic heterocycles. The maximum absolute atomic E-state index is 9.52. The van der Waals surface area contributed by atoms with Crippen LogP contribution >= 0.6 is 0 Å². The zero-order chi connectivity index (χ0) is 14.2. The second-order valence-electron chi connectivity index (χ2n) is 5.98. The van der Waals surface area contributed by atoms with Crippen LogP contribution in [0.15, 0.2) is 30.0 Å². The van der Waals surface area contributed by atoms with Crippen LogP contribution < -0.4 is 4.90 Å². The molecule has 1 fully saturated rings. The second-order valence-corrected chi connectivity index (χ2v) is 5.98. The van der Waals surface area contributed by atoms with Crippen LogP contribution in [-0.4, -0.2) is 23.1 Å². The maximum atomic E-state index is 9.52. The lowest BCUT2D eigenvalue weighted by Crippen LogP contribution is -2.37. The van der Waals surface area contributed by atoms with Crippen molar-refractivity contribution in [3.63, 3.8) is 0 Å². The number of H-pyrrole nitrogens is 1. The zero-order valence-electron chi connectivity index (χ0n) is 12.0. The average molecular weight is 278 g/mol. The van der Waals surface area contributed by atoms with Crippen molar-refractivity contribution >= 4 is 16.9 Å². The predicted molar refractivity (Wildman–Crippen MR) is 83.1 cm³/mol. The van der Waals surface area contributed by atoms with Gasteiger partial charge < -0.3 is 9.88 Å². The Morgan fingerprint density at radius 2 is 2.33 bits per heavy atom. The first kappa shape index (κ1) is 12.5. The third kappa shape index (κ3) is 2.01. The number of piperidine rings is 1. The van der Waals surface area contributed by atoms with Crippen molar-refractivity contribution in [1.29, 1.82) is 5.26 Å². The Hall–Kier alpha value is -2.28. The molecule has 0 bridgehead atoms. The van der Waals surface area contributed by atoms with E-state index < -0.39 is 0 Å². The van der Waals surface area contributed by atoms with Crippen LogP contribution in [-0.2, 0) is 0 Å². The first-order valence-corrected chi connectivity index (χ1v) is 7.67. The number of nitriles is 1. The van der Waals surface area contributed by atoms with Gasteiger partial charge in [-0.05, 0) is 43.7 Å². The van der Waals surface area contributed by atoms with E-state index in [1.54, 1.807) is 11.8 Å². The lowest BCUT2D eigenvalue weighted by Gasteiger charge is -2.37. The standard InChI is InChI=1S/C17H18N4/c18-10-14-16-15(6-3-8-19-16)20-17(14)21-9-7-12-4-1-2-5-13(12)11-21/h3,5-6,8,12,20H,1-2,4,7,9,11H2. The van der Waals surface area contributed by atoms with Gasteiger partial charge in [0.05, 0.1) is 5.52 Å². The highest BCUT2D eigenvalue weighted by Crippen LogP contribution is 2.35. The third-order valence-corrected chi connectivity index (χ3v) is 4.77. The minimum absolute atomic E-state index is 0.681. The fraction of sp³-hybridized carbons (Fsp3) is 0.412. The number of rotatable bonds is 1. The highest BCUT2D eigenvalue weighted by Gasteiger charge is 2.28. The Bertz CT molecular complexity index is 750. The summed E-state index contributed by atoms with van der Waals surface area (Å²) in [7, 11) is 0. The highest BCUT2D eigenvalue weighted by molar-refractivity contribution is 5.88. The lowest BCUT2D eigenvalue weighted by molar-refractivity contribution is 0.437. The number of aromatic amines is 1. The largest absolute Gasteiger partial charge is 0.353 e. The molecule has 1 N–H and O–H groups in total. The third-order valence-electron chi connectivity index (χ3n) is 4.77. The molecule has 0 radical (unpaired) electrons. The number of hydrogen-bond acceptors (Lipinski definition) is 3. The first-order chi connectivity index (χ1) is 10.4. The summed E-state index contributed by atoms with van der Waals surface area (Å²) in [5.41, 5.74) is 3.97. The minimum atomic E-state index is 0.681. The summed E-state index contributed by atoms with van der Waals surface area (Å²) in [6.07, 6.45) is 9.22. The molecule has 21 heavy (non-hydrogen) atoms. The van der Waals surface area contributed by atoms with E-state index in [9.17, 15) is 5.26 Å². The number of pyridine rings is 1. The first-order valence-electron chi connectivity index (χ1n) is 7.67. The van der Waals surface area contributed by atoms with Gasteiger partial charge in [0.1, 0.15) is 23.0 Å². The molecule has 1 aliphatic carbocycles. The Morgan fingerprint density at radius 1 is 1.38 bits per heavy atom. The molecule has 1 atom stereocenters. The van der Waals surface area contributed by atoms with Gasteiger partial charge in [0.15, 0.2) is 0 Å². The minimum Gasteiger partial charge on any atom is -0.353 e. The summed E-state index contributed by atoms with van der Waals surface area (Å²) in [4.78, 5) is 10.1. The fourth-order valence-electron chi connectivity index (χ4n) is 3.68. The van der Waals surface area contributed by atoms with E-state index in [1.807, 2.05) is 12.1 Å². The molecule has 2 aromatic rings. The summed E-state index contributed by atoms with van der Waals surface area (Å²) in [5, 5.41) is 9.52. The Balaban J connectivity index is 1.74. The van der Waals surface area contributed by atoms with Crippen molar-refractivity contribution in [3.05, 3.63) is 35.5 Å². The van der Waals surface area contributed by atoms with E-state index in [4.69, 9.17) is 0 Å². The van der Waals surface area contributed by atoms with Gasteiger partial charge in [-0.3, -0.25) is 4.98 Å². The summed E-state index contributed by atoms with van der Waals surface area (Å²) < 4.78 is 0. The van der Waals surface area contributed by atoms with Gasteiger partial charge in [-0.15, -0.1) is 0 Å². The second kappa shape index (κ2) is 4.92. The number of allylic oxidation sites excluding steroid dienone is 1. The van der Waals surface area contributed by atoms with Gasteiger partial charge >= 0.3 is 0 Å². The van der Waals surface area contributed by atoms with Crippen LogP contribution in [0, 0.1) is 17.2 Å².